The minimum atomic E-state index is -1.61. The second-order valence-corrected chi connectivity index (χ2v) is 5.61. The summed E-state index contributed by atoms with van der Waals surface area (Å²) in [4.78, 5) is 27.5. The van der Waals surface area contributed by atoms with Crippen LogP contribution in [-0.2, 0) is 19.2 Å². The molecule has 2 rings (SSSR count). The van der Waals surface area contributed by atoms with Gasteiger partial charge in [-0.25, -0.2) is 4.79 Å². The van der Waals surface area contributed by atoms with E-state index in [-0.39, 0.29) is 13.0 Å². The Bertz CT molecular complexity index is 460. The van der Waals surface area contributed by atoms with Gasteiger partial charge in [-0.05, 0) is 6.42 Å². The van der Waals surface area contributed by atoms with Crippen LogP contribution in [-0.4, -0.2) is 92.4 Å². The molecule has 0 spiro atoms. The monoisotopic (exact) mass is 336 g/mol. The molecule has 0 bridgehead atoms. The summed E-state index contributed by atoms with van der Waals surface area (Å²) in [5.41, 5.74) is 5.38. The second kappa shape index (κ2) is 7.05. The number of nitrogens with zero attached hydrogens (tertiary/aromatic N) is 1. The first-order valence-corrected chi connectivity index (χ1v) is 7.03. The van der Waals surface area contributed by atoms with Crippen LogP contribution in [0.1, 0.15) is 6.42 Å². The standard InChI is InChI=1S/C12H20N2O9/c13-5(11(19)20)1-4-2-14(23-12(4)21)10-9(18)8(17)7(16)6(3-15)22-10/h4-10,15-18H,1-3,13H2,(H,19,20)/t4?,5-,6+,7+,8-,9+,10?/m0/s1. The highest BCUT2D eigenvalue weighted by Crippen LogP contribution is 2.28. The van der Waals surface area contributed by atoms with Crippen LogP contribution in [0.5, 0.6) is 0 Å². The highest BCUT2D eigenvalue weighted by molar-refractivity contribution is 5.77. The fraction of sp³-hybridized carbons (Fsp3) is 0.833. The van der Waals surface area contributed by atoms with E-state index in [0.717, 1.165) is 5.06 Å². The summed E-state index contributed by atoms with van der Waals surface area (Å²) in [6, 6.07) is -1.25. The molecule has 11 nitrogen and oxygen atoms in total. The van der Waals surface area contributed by atoms with E-state index in [0.29, 0.717) is 0 Å². The molecule has 2 saturated heterocycles. The van der Waals surface area contributed by atoms with Crippen molar-refractivity contribution in [3.63, 3.8) is 0 Å². The number of hydroxylamine groups is 2. The molecule has 0 amide bonds. The Hall–Kier alpha value is -1.34. The quantitative estimate of drug-likeness (QED) is 0.287. The molecular weight excluding hydrogens is 316 g/mol. The molecule has 0 aromatic carbocycles. The molecule has 2 heterocycles. The van der Waals surface area contributed by atoms with Gasteiger partial charge < -0.3 is 40.8 Å². The fourth-order valence-electron chi connectivity index (χ4n) is 2.57. The molecule has 7 atom stereocenters. The number of aliphatic hydroxyl groups excluding tert-OH is 4. The number of carbonyl (C=O) groups is 2. The molecule has 0 aliphatic carbocycles. The van der Waals surface area contributed by atoms with Gasteiger partial charge in [0.15, 0.2) is 6.23 Å². The Morgan fingerprint density at radius 3 is 2.52 bits per heavy atom. The zero-order valence-corrected chi connectivity index (χ0v) is 12.1. The lowest BCUT2D eigenvalue weighted by Gasteiger charge is -2.42. The van der Waals surface area contributed by atoms with Crippen molar-refractivity contribution in [2.24, 2.45) is 11.7 Å². The van der Waals surface area contributed by atoms with Crippen molar-refractivity contribution in [3.8, 4) is 0 Å². The molecular formula is C12H20N2O9. The minimum Gasteiger partial charge on any atom is -0.480 e. The molecule has 0 aromatic heterocycles. The van der Waals surface area contributed by atoms with Gasteiger partial charge in [0.1, 0.15) is 30.5 Å². The topological polar surface area (TPSA) is 183 Å². The number of hydrogen-bond donors (Lipinski definition) is 6. The molecule has 11 heteroatoms. The summed E-state index contributed by atoms with van der Waals surface area (Å²) in [6.45, 7) is -0.723. The highest BCUT2D eigenvalue weighted by atomic mass is 16.8. The van der Waals surface area contributed by atoms with Crippen LogP contribution in [0.25, 0.3) is 0 Å². The zero-order valence-electron chi connectivity index (χ0n) is 12.1. The maximum absolute atomic E-state index is 11.8. The van der Waals surface area contributed by atoms with Gasteiger partial charge >= 0.3 is 11.9 Å². The lowest BCUT2D eigenvalue weighted by molar-refractivity contribution is -0.313. The maximum atomic E-state index is 11.8. The smallest absolute Gasteiger partial charge is 0.329 e. The van der Waals surface area contributed by atoms with Crippen molar-refractivity contribution >= 4 is 11.9 Å². The van der Waals surface area contributed by atoms with Crippen molar-refractivity contribution in [2.75, 3.05) is 13.2 Å². The number of ether oxygens (including phenoxy) is 1. The van der Waals surface area contributed by atoms with Gasteiger partial charge in [0.05, 0.1) is 19.1 Å². The molecule has 2 fully saturated rings. The van der Waals surface area contributed by atoms with Crippen LogP contribution in [0, 0.1) is 5.92 Å². The lowest BCUT2D eigenvalue weighted by atomic mass is 9.97. The normalized spacial score (nSPS) is 40.0. The van der Waals surface area contributed by atoms with Gasteiger partial charge in [-0.2, -0.15) is 0 Å². The van der Waals surface area contributed by atoms with E-state index in [1.807, 2.05) is 0 Å². The molecule has 0 radical (unpaired) electrons. The third-order valence-electron chi connectivity index (χ3n) is 3.95. The average Bonchev–Trinajstić information content (AvgIpc) is 2.86. The number of rotatable bonds is 5. The van der Waals surface area contributed by atoms with Crippen molar-refractivity contribution in [1.29, 1.82) is 0 Å². The predicted octanol–water partition coefficient (Wildman–Crippen LogP) is -4.02. The summed E-state index contributed by atoms with van der Waals surface area (Å²) >= 11 is 0. The summed E-state index contributed by atoms with van der Waals surface area (Å²) in [5, 5.41) is 48.2. The Kier molecular flexibility index (Phi) is 5.52. The first-order valence-electron chi connectivity index (χ1n) is 7.03. The Morgan fingerprint density at radius 2 is 1.96 bits per heavy atom. The number of aliphatic hydroxyl groups is 4. The largest absolute Gasteiger partial charge is 0.480 e. The number of hydrogen-bond acceptors (Lipinski definition) is 10. The molecule has 2 aliphatic heterocycles. The van der Waals surface area contributed by atoms with Crippen molar-refractivity contribution in [3.05, 3.63) is 0 Å². The Morgan fingerprint density at radius 1 is 1.30 bits per heavy atom. The Labute approximate surface area is 130 Å². The molecule has 23 heavy (non-hydrogen) atoms. The average molecular weight is 336 g/mol. The molecule has 2 unspecified atom stereocenters. The first-order chi connectivity index (χ1) is 10.8. The minimum absolute atomic E-state index is 0.109. The van der Waals surface area contributed by atoms with Gasteiger partial charge in [0, 0.05) is 0 Å². The fourth-order valence-corrected chi connectivity index (χ4v) is 2.57. The summed E-state index contributed by atoms with van der Waals surface area (Å²) in [6.07, 6.45) is -7.33. The van der Waals surface area contributed by atoms with E-state index in [2.05, 4.69) is 0 Å². The van der Waals surface area contributed by atoms with Crippen LogP contribution in [0.3, 0.4) is 0 Å². The van der Waals surface area contributed by atoms with Crippen LogP contribution in [0.2, 0.25) is 0 Å². The number of carboxylic acids is 1. The predicted molar refractivity (Wildman–Crippen MR) is 70.3 cm³/mol. The van der Waals surface area contributed by atoms with Crippen molar-refractivity contribution < 1.29 is 44.7 Å². The van der Waals surface area contributed by atoms with Crippen LogP contribution >= 0.6 is 0 Å². The van der Waals surface area contributed by atoms with E-state index >= 15 is 0 Å². The summed E-state index contributed by atoms with van der Waals surface area (Å²) in [5.74, 6) is -2.84. The van der Waals surface area contributed by atoms with Crippen LogP contribution < -0.4 is 5.73 Å². The first kappa shape index (κ1) is 18.0. The van der Waals surface area contributed by atoms with Crippen molar-refractivity contribution in [2.45, 2.75) is 43.1 Å². The number of aliphatic carboxylic acids is 1. The molecule has 2 aliphatic rings. The third-order valence-corrected chi connectivity index (χ3v) is 3.95. The van der Waals surface area contributed by atoms with E-state index in [1.54, 1.807) is 0 Å². The SMILES string of the molecule is N[C@@H](CC1CN(C2O[C@H](CO)[C@@H](O)[C@H](O)[C@H]2O)OC1=O)C(=O)O. The van der Waals surface area contributed by atoms with E-state index in [9.17, 15) is 24.9 Å². The van der Waals surface area contributed by atoms with Gasteiger partial charge in [0.2, 0.25) is 0 Å². The molecule has 132 valence electrons. The van der Waals surface area contributed by atoms with Gasteiger partial charge in [0.25, 0.3) is 0 Å². The van der Waals surface area contributed by atoms with E-state index in [1.165, 1.54) is 0 Å². The third kappa shape index (κ3) is 3.61. The molecule has 7 N–H and O–H groups in total. The van der Waals surface area contributed by atoms with Crippen molar-refractivity contribution in [1.82, 2.24) is 5.06 Å². The summed E-state index contributed by atoms with van der Waals surface area (Å²) in [7, 11) is 0. The van der Waals surface area contributed by atoms with E-state index in [4.69, 9.17) is 25.5 Å². The van der Waals surface area contributed by atoms with Gasteiger partial charge in [-0.3, -0.25) is 4.79 Å². The highest BCUT2D eigenvalue weighted by Gasteiger charge is 2.50. The Balaban J connectivity index is 2.04. The van der Waals surface area contributed by atoms with Gasteiger partial charge in [-0.15, -0.1) is 5.06 Å². The van der Waals surface area contributed by atoms with Crippen LogP contribution in [0.15, 0.2) is 0 Å². The molecule has 0 saturated carbocycles. The zero-order chi connectivity index (χ0) is 17.3. The van der Waals surface area contributed by atoms with Crippen LogP contribution in [0.4, 0.5) is 0 Å². The maximum Gasteiger partial charge on any atom is 0.329 e. The van der Waals surface area contributed by atoms with Gasteiger partial charge in [-0.1, -0.05) is 0 Å². The number of carboxylic acid groups (broad SMARTS) is 1. The number of nitrogens with two attached hydrogens (primary N) is 1. The summed E-state index contributed by atoms with van der Waals surface area (Å²) < 4.78 is 5.25. The lowest BCUT2D eigenvalue weighted by Crippen LogP contribution is -2.62. The van der Waals surface area contributed by atoms with E-state index < -0.39 is 61.1 Å². The second-order valence-electron chi connectivity index (χ2n) is 5.61. The molecule has 0 aromatic rings. The number of carbonyl (C=O) groups excluding carboxylic acids is 1.